The molecule has 5 heteroatoms. The highest BCUT2D eigenvalue weighted by Gasteiger charge is 2.07. The van der Waals surface area contributed by atoms with Crippen molar-refractivity contribution in [3.63, 3.8) is 0 Å². The maximum Gasteiger partial charge on any atom is 0.269 e. The molecule has 2 aromatic rings. The Balaban J connectivity index is 2.13. The van der Waals surface area contributed by atoms with Crippen molar-refractivity contribution in [2.45, 2.75) is 0 Å². The van der Waals surface area contributed by atoms with Gasteiger partial charge < -0.3 is 4.74 Å². The van der Waals surface area contributed by atoms with Gasteiger partial charge in [-0.25, -0.2) is 0 Å². The quantitative estimate of drug-likeness (QED) is 0.364. The Kier molecular flexibility index (Phi) is 4.46. The van der Waals surface area contributed by atoms with Gasteiger partial charge in [-0.05, 0) is 35.9 Å². The van der Waals surface area contributed by atoms with Gasteiger partial charge in [0.15, 0.2) is 5.78 Å². The maximum absolute atomic E-state index is 12.0. The number of benzene rings is 2. The van der Waals surface area contributed by atoms with Crippen LogP contribution in [0, 0.1) is 10.1 Å². The summed E-state index contributed by atoms with van der Waals surface area (Å²) in [5.74, 6) is 0.493. The van der Waals surface area contributed by atoms with Crippen molar-refractivity contribution in [1.82, 2.24) is 0 Å². The molecular weight excluding hydrogens is 270 g/mol. The number of allylic oxidation sites excluding steroid dienone is 1. The molecule has 0 saturated carbocycles. The van der Waals surface area contributed by atoms with Crippen molar-refractivity contribution < 1.29 is 14.5 Å². The van der Waals surface area contributed by atoms with E-state index in [0.717, 1.165) is 5.56 Å². The predicted molar refractivity (Wildman–Crippen MR) is 79.5 cm³/mol. The summed E-state index contributed by atoms with van der Waals surface area (Å²) in [6, 6.07) is 12.8. The normalized spacial score (nSPS) is 10.5. The van der Waals surface area contributed by atoms with Gasteiger partial charge >= 0.3 is 0 Å². The minimum Gasteiger partial charge on any atom is -0.497 e. The number of hydrogen-bond donors (Lipinski definition) is 0. The van der Waals surface area contributed by atoms with E-state index in [1.165, 1.54) is 30.3 Å². The highest BCUT2D eigenvalue weighted by atomic mass is 16.6. The molecule has 0 atom stereocenters. The zero-order chi connectivity index (χ0) is 15.2. The Morgan fingerprint density at radius 3 is 2.52 bits per heavy atom. The number of methoxy groups -OCH3 is 1. The third kappa shape index (κ3) is 3.76. The molecule has 0 amide bonds. The molecular formula is C16H13NO4. The monoisotopic (exact) mass is 283 g/mol. The zero-order valence-corrected chi connectivity index (χ0v) is 11.4. The minimum atomic E-state index is -0.500. The molecule has 0 radical (unpaired) electrons. The van der Waals surface area contributed by atoms with Crippen LogP contribution in [0.1, 0.15) is 15.9 Å². The first-order valence-electron chi connectivity index (χ1n) is 6.21. The number of non-ortho nitro benzene ring substituents is 1. The van der Waals surface area contributed by atoms with E-state index in [0.29, 0.717) is 11.3 Å². The van der Waals surface area contributed by atoms with Crippen LogP contribution >= 0.6 is 0 Å². The van der Waals surface area contributed by atoms with Gasteiger partial charge in [-0.2, -0.15) is 0 Å². The Labute approximate surface area is 121 Å². The van der Waals surface area contributed by atoms with Gasteiger partial charge in [0, 0.05) is 17.7 Å². The lowest BCUT2D eigenvalue weighted by Crippen LogP contribution is -1.95. The van der Waals surface area contributed by atoms with Gasteiger partial charge in [0.05, 0.1) is 12.0 Å². The lowest BCUT2D eigenvalue weighted by atomic mass is 10.1. The lowest BCUT2D eigenvalue weighted by molar-refractivity contribution is -0.384. The largest absolute Gasteiger partial charge is 0.497 e. The highest BCUT2D eigenvalue weighted by molar-refractivity contribution is 6.06. The third-order valence-corrected chi connectivity index (χ3v) is 2.88. The van der Waals surface area contributed by atoms with E-state index < -0.39 is 4.92 Å². The van der Waals surface area contributed by atoms with Gasteiger partial charge in [-0.15, -0.1) is 0 Å². The number of carbonyl (C=O) groups is 1. The van der Waals surface area contributed by atoms with E-state index in [1.807, 2.05) is 18.2 Å². The summed E-state index contributed by atoms with van der Waals surface area (Å²) in [4.78, 5) is 22.0. The second kappa shape index (κ2) is 6.47. The summed E-state index contributed by atoms with van der Waals surface area (Å²) in [5.41, 5.74) is 1.20. The molecule has 0 aliphatic heterocycles. The number of carbonyl (C=O) groups excluding carboxylic acids is 1. The van der Waals surface area contributed by atoms with Crippen molar-refractivity contribution in [2.75, 3.05) is 7.11 Å². The second-order valence-electron chi connectivity index (χ2n) is 4.28. The van der Waals surface area contributed by atoms with Gasteiger partial charge in [0.2, 0.25) is 0 Å². The molecule has 0 N–H and O–H groups in total. The van der Waals surface area contributed by atoms with E-state index in [9.17, 15) is 14.9 Å². The van der Waals surface area contributed by atoms with Crippen LogP contribution in [-0.2, 0) is 0 Å². The Morgan fingerprint density at radius 1 is 1.19 bits per heavy atom. The second-order valence-corrected chi connectivity index (χ2v) is 4.28. The number of rotatable bonds is 5. The van der Waals surface area contributed by atoms with Crippen molar-refractivity contribution in [1.29, 1.82) is 0 Å². The third-order valence-electron chi connectivity index (χ3n) is 2.88. The fourth-order valence-corrected chi connectivity index (χ4v) is 1.76. The van der Waals surface area contributed by atoms with Crippen LogP contribution in [0.3, 0.4) is 0 Å². The van der Waals surface area contributed by atoms with Gasteiger partial charge in [-0.1, -0.05) is 18.2 Å². The van der Waals surface area contributed by atoms with Crippen molar-refractivity contribution >= 4 is 17.5 Å². The predicted octanol–water partition coefficient (Wildman–Crippen LogP) is 3.50. The first-order valence-corrected chi connectivity index (χ1v) is 6.21. The molecule has 2 rings (SSSR count). The van der Waals surface area contributed by atoms with E-state index in [4.69, 9.17) is 4.74 Å². The van der Waals surface area contributed by atoms with Gasteiger partial charge in [0.1, 0.15) is 5.75 Å². The number of hydrogen-bond acceptors (Lipinski definition) is 4. The van der Waals surface area contributed by atoms with Crippen LogP contribution in [0.25, 0.3) is 6.08 Å². The lowest BCUT2D eigenvalue weighted by Gasteiger charge is -2.00. The van der Waals surface area contributed by atoms with Crippen molar-refractivity contribution in [3.05, 3.63) is 75.8 Å². The maximum atomic E-state index is 12.0. The molecule has 0 spiro atoms. The molecule has 0 saturated heterocycles. The van der Waals surface area contributed by atoms with Crippen LogP contribution in [0.15, 0.2) is 54.6 Å². The number of ether oxygens (including phenoxy) is 1. The van der Waals surface area contributed by atoms with Crippen LogP contribution in [0.4, 0.5) is 5.69 Å². The number of nitro benzene ring substituents is 1. The molecule has 0 aliphatic carbocycles. The van der Waals surface area contributed by atoms with Crippen LogP contribution in [-0.4, -0.2) is 17.8 Å². The zero-order valence-electron chi connectivity index (χ0n) is 11.4. The smallest absolute Gasteiger partial charge is 0.269 e. The molecule has 21 heavy (non-hydrogen) atoms. The summed E-state index contributed by atoms with van der Waals surface area (Å²) >= 11 is 0. The standard InChI is InChI=1S/C16H13NO4/c1-21-15-4-2-3-12(11-15)5-10-16(18)13-6-8-14(9-7-13)17(19)20/h2-11H,1H3/b10-5+. The van der Waals surface area contributed by atoms with E-state index in [1.54, 1.807) is 19.3 Å². The molecule has 0 bridgehead atoms. The van der Waals surface area contributed by atoms with Crippen molar-refractivity contribution in [3.8, 4) is 5.75 Å². The molecule has 2 aromatic carbocycles. The SMILES string of the molecule is COc1cccc(/C=C/C(=O)c2ccc([N+](=O)[O-])cc2)c1. The number of nitrogens with zero attached hydrogens (tertiary/aromatic N) is 1. The Morgan fingerprint density at radius 2 is 1.90 bits per heavy atom. The first kappa shape index (κ1) is 14.5. The van der Waals surface area contributed by atoms with Crippen LogP contribution in [0.2, 0.25) is 0 Å². The van der Waals surface area contributed by atoms with E-state index in [2.05, 4.69) is 0 Å². The average molecular weight is 283 g/mol. The average Bonchev–Trinajstić information content (AvgIpc) is 2.53. The topological polar surface area (TPSA) is 69.4 Å². The molecule has 106 valence electrons. The van der Waals surface area contributed by atoms with Gasteiger partial charge in [-0.3, -0.25) is 14.9 Å². The number of ketones is 1. The van der Waals surface area contributed by atoms with E-state index in [-0.39, 0.29) is 11.5 Å². The van der Waals surface area contributed by atoms with Crippen LogP contribution in [0.5, 0.6) is 5.75 Å². The Bertz CT molecular complexity index is 690. The summed E-state index contributed by atoms with van der Waals surface area (Å²) in [7, 11) is 1.57. The summed E-state index contributed by atoms with van der Waals surface area (Å²) < 4.78 is 5.10. The molecule has 5 nitrogen and oxygen atoms in total. The first-order chi connectivity index (χ1) is 10.1. The summed E-state index contributed by atoms with van der Waals surface area (Å²) in [6.07, 6.45) is 3.10. The summed E-state index contributed by atoms with van der Waals surface area (Å²) in [6.45, 7) is 0. The summed E-state index contributed by atoms with van der Waals surface area (Å²) in [5, 5.41) is 10.5. The molecule has 0 aromatic heterocycles. The molecule has 0 unspecified atom stereocenters. The van der Waals surface area contributed by atoms with Gasteiger partial charge in [0.25, 0.3) is 5.69 Å². The molecule has 0 fully saturated rings. The molecule has 0 heterocycles. The van der Waals surface area contributed by atoms with E-state index >= 15 is 0 Å². The van der Waals surface area contributed by atoms with Crippen LogP contribution < -0.4 is 4.74 Å². The minimum absolute atomic E-state index is 0.0386. The fraction of sp³-hybridized carbons (Fsp3) is 0.0625. The highest BCUT2D eigenvalue weighted by Crippen LogP contribution is 2.15. The molecule has 0 aliphatic rings. The number of nitro groups is 1. The Hall–Kier alpha value is -2.95. The van der Waals surface area contributed by atoms with Crippen molar-refractivity contribution in [2.24, 2.45) is 0 Å². The fourth-order valence-electron chi connectivity index (χ4n) is 1.76.